The zero-order valence-electron chi connectivity index (χ0n) is 24.8. The second kappa shape index (κ2) is 12.9. The number of nitrogens with one attached hydrogen (secondary N) is 1. The third-order valence-electron chi connectivity index (χ3n) is 7.63. The van der Waals surface area contributed by atoms with E-state index in [1.807, 2.05) is 91.0 Å². The monoisotopic (exact) mass is 637 g/mol. The van der Waals surface area contributed by atoms with Crippen LogP contribution >= 0.6 is 11.3 Å². The van der Waals surface area contributed by atoms with Crippen molar-refractivity contribution in [2.75, 3.05) is 26.1 Å². The number of benzene rings is 3. The van der Waals surface area contributed by atoms with Crippen molar-refractivity contribution in [2.45, 2.75) is 48.2 Å². The Labute approximate surface area is 261 Å². The summed E-state index contributed by atoms with van der Waals surface area (Å²) in [5.41, 5.74) is 1.14. The fraction of sp³-hybridized carbons (Fsp3) is 0.312. The average molecular weight is 638 g/mol. The highest BCUT2D eigenvalue weighted by Crippen LogP contribution is 2.47. The first-order chi connectivity index (χ1) is 21.1. The summed E-state index contributed by atoms with van der Waals surface area (Å²) in [5, 5.41) is 13.6. The molecule has 1 aliphatic rings. The predicted molar refractivity (Wildman–Crippen MR) is 167 cm³/mol. The lowest BCUT2D eigenvalue weighted by Gasteiger charge is -2.46. The van der Waals surface area contributed by atoms with Gasteiger partial charge < -0.3 is 24.6 Å². The van der Waals surface area contributed by atoms with Gasteiger partial charge in [-0.25, -0.2) is 13.4 Å². The second-order valence-electron chi connectivity index (χ2n) is 10.4. The van der Waals surface area contributed by atoms with Crippen molar-refractivity contribution in [1.82, 2.24) is 9.29 Å². The molecule has 1 fully saturated rings. The smallest absolute Gasteiger partial charge is 0.301 e. The van der Waals surface area contributed by atoms with Crippen molar-refractivity contribution in [3.63, 3.8) is 0 Å². The molecule has 0 spiro atoms. The lowest BCUT2D eigenvalue weighted by Crippen LogP contribution is -2.59. The Morgan fingerprint density at radius 2 is 1.41 bits per heavy atom. The molecule has 1 aromatic heterocycles. The zero-order chi connectivity index (χ0) is 31.5. The molecule has 0 aliphatic carbocycles. The Bertz CT molecular complexity index is 1580. The van der Waals surface area contributed by atoms with E-state index in [1.165, 1.54) is 21.1 Å². The average Bonchev–Trinajstić information content (AvgIpc) is 3.62. The molecule has 4 aromatic rings. The minimum atomic E-state index is -4.28. The number of anilines is 1. The summed E-state index contributed by atoms with van der Waals surface area (Å²) >= 11 is 0.838. The number of rotatable bonds is 11. The number of ether oxygens (including phenoxy) is 3. The van der Waals surface area contributed by atoms with E-state index in [4.69, 9.17) is 14.2 Å². The van der Waals surface area contributed by atoms with E-state index >= 15 is 0 Å². The van der Waals surface area contributed by atoms with Crippen LogP contribution in [0.2, 0.25) is 0 Å². The molecule has 12 heteroatoms. The maximum Gasteiger partial charge on any atom is 0.301 e. The summed E-state index contributed by atoms with van der Waals surface area (Å²) in [6.07, 6.45) is -1.07. The molecule has 0 radical (unpaired) electrons. The van der Waals surface area contributed by atoms with Crippen LogP contribution in [0.3, 0.4) is 0 Å². The normalized spacial score (nSPS) is 17.9. The number of aliphatic hydroxyl groups is 1. The fourth-order valence-electron chi connectivity index (χ4n) is 5.72. The van der Waals surface area contributed by atoms with Crippen LogP contribution in [0, 0.1) is 6.92 Å². The molecule has 232 valence electrons. The molecule has 2 N–H and O–H groups in total. The first kappa shape index (κ1) is 31.9. The lowest BCUT2D eigenvalue weighted by molar-refractivity contribution is -0.404. The topological polar surface area (TPSA) is 127 Å². The van der Waals surface area contributed by atoms with Gasteiger partial charge in [-0.05, 0) is 30.0 Å². The van der Waals surface area contributed by atoms with Gasteiger partial charge in [-0.2, -0.15) is 4.31 Å². The number of thiazole rings is 1. The summed E-state index contributed by atoms with van der Waals surface area (Å²) in [6.45, 7) is 2.64. The Kier molecular flexibility index (Phi) is 9.33. The molecule has 1 amide bonds. The molecule has 3 aromatic carbocycles. The highest BCUT2D eigenvalue weighted by atomic mass is 32.2. The van der Waals surface area contributed by atoms with Crippen LogP contribution in [0.4, 0.5) is 5.13 Å². The Morgan fingerprint density at radius 1 is 0.932 bits per heavy atom. The number of aryl methyl sites for hydroxylation is 1. The van der Waals surface area contributed by atoms with Crippen LogP contribution < -0.4 is 5.32 Å². The molecule has 2 heterocycles. The lowest BCUT2D eigenvalue weighted by atomic mass is 9.80. The van der Waals surface area contributed by atoms with Gasteiger partial charge >= 0.3 is 5.97 Å². The van der Waals surface area contributed by atoms with Gasteiger partial charge in [0, 0.05) is 27.7 Å². The molecule has 2 atom stereocenters. The Hall–Kier alpha value is -3.49. The molecule has 5 rings (SSSR count). The second-order valence-corrected chi connectivity index (χ2v) is 13.5. The van der Waals surface area contributed by atoms with Crippen LogP contribution in [-0.4, -0.2) is 67.6 Å². The largest absolute Gasteiger partial charge is 0.392 e. The van der Waals surface area contributed by atoms with E-state index in [0.717, 1.165) is 32.3 Å². The van der Waals surface area contributed by atoms with Crippen LogP contribution in [-0.2, 0) is 34.6 Å². The maximum atomic E-state index is 14.3. The molecule has 0 saturated carbocycles. The van der Waals surface area contributed by atoms with Gasteiger partial charge in [0.25, 0.3) is 10.0 Å². The van der Waals surface area contributed by atoms with Gasteiger partial charge in [0.15, 0.2) is 9.34 Å². The number of hydrogen-bond acceptors (Lipinski definition) is 9. The van der Waals surface area contributed by atoms with E-state index in [-0.39, 0.29) is 33.9 Å². The number of carbonyl (C=O) groups is 1. The number of β-amino-alcohol motifs (C(OH)–C–C–N with tert-alkyl or cyclic N) is 1. The molecular weight excluding hydrogens is 603 g/mol. The first-order valence-corrected chi connectivity index (χ1v) is 16.2. The molecule has 2 unspecified atom stereocenters. The van der Waals surface area contributed by atoms with Crippen molar-refractivity contribution < 1.29 is 32.5 Å². The first-order valence-electron chi connectivity index (χ1n) is 14.0. The number of methoxy groups -OCH3 is 2. The molecule has 1 aliphatic heterocycles. The molecular formula is C32H35N3O7S2. The molecule has 10 nitrogen and oxygen atoms in total. The van der Waals surface area contributed by atoms with Crippen molar-refractivity contribution in [3.05, 3.63) is 113 Å². The molecule has 44 heavy (non-hydrogen) atoms. The van der Waals surface area contributed by atoms with E-state index in [1.54, 1.807) is 6.92 Å². The summed E-state index contributed by atoms with van der Waals surface area (Å²) in [5.74, 6) is -2.38. The number of nitrogens with zero attached hydrogens (tertiary/aromatic N) is 2. The van der Waals surface area contributed by atoms with E-state index in [9.17, 15) is 18.3 Å². The summed E-state index contributed by atoms with van der Waals surface area (Å²) in [4.78, 5) is 15.9. The van der Waals surface area contributed by atoms with Gasteiger partial charge in [-0.15, -0.1) is 0 Å². The maximum absolute atomic E-state index is 14.3. The Balaban J connectivity index is 1.69. The van der Waals surface area contributed by atoms with Crippen LogP contribution in [0.1, 0.15) is 35.7 Å². The zero-order valence-corrected chi connectivity index (χ0v) is 26.5. The summed E-state index contributed by atoms with van der Waals surface area (Å²) in [7, 11) is -1.51. The quantitative estimate of drug-likeness (QED) is 0.182. The number of hydrogen-bond donors (Lipinski definition) is 2. The third-order valence-corrected chi connectivity index (χ3v) is 11.2. The van der Waals surface area contributed by atoms with Crippen molar-refractivity contribution >= 4 is 32.4 Å². The number of carbonyl (C=O) groups excluding carboxylic acids is 1. The third kappa shape index (κ3) is 5.82. The highest BCUT2D eigenvalue weighted by Gasteiger charge is 2.58. The van der Waals surface area contributed by atoms with Gasteiger partial charge in [-0.1, -0.05) is 102 Å². The fourth-order valence-corrected chi connectivity index (χ4v) is 8.96. The summed E-state index contributed by atoms with van der Waals surface area (Å²) in [6, 6.07) is 27.5. The van der Waals surface area contributed by atoms with Crippen molar-refractivity contribution in [3.8, 4) is 0 Å². The van der Waals surface area contributed by atoms with Gasteiger partial charge in [0.05, 0.1) is 11.8 Å². The van der Waals surface area contributed by atoms with Crippen molar-refractivity contribution in [2.24, 2.45) is 0 Å². The SMILES string of the molecule is COC(OC)(OC(c1ccccc1)(c1ccccc1)c1ccccc1)C1CC(O)CN1S(=O)(=O)c1sc(NC(C)=O)nc1C. The Morgan fingerprint density at radius 3 is 1.84 bits per heavy atom. The van der Waals surface area contributed by atoms with E-state index < -0.39 is 33.7 Å². The number of amides is 1. The number of aromatic nitrogens is 1. The number of sulfonamides is 1. The number of aliphatic hydroxyl groups excluding tert-OH is 1. The predicted octanol–water partition coefficient (Wildman–Crippen LogP) is 4.49. The van der Waals surface area contributed by atoms with E-state index in [0.29, 0.717) is 0 Å². The van der Waals surface area contributed by atoms with Gasteiger partial charge in [-0.3, -0.25) is 4.79 Å². The van der Waals surface area contributed by atoms with Crippen LogP contribution in [0.15, 0.2) is 95.2 Å². The molecule has 1 saturated heterocycles. The van der Waals surface area contributed by atoms with Gasteiger partial charge in [0.1, 0.15) is 11.6 Å². The highest BCUT2D eigenvalue weighted by molar-refractivity contribution is 7.91. The van der Waals surface area contributed by atoms with Crippen LogP contribution in [0.25, 0.3) is 0 Å². The minimum Gasteiger partial charge on any atom is -0.392 e. The van der Waals surface area contributed by atoms with E-state index in [2.05, 4.69) is 10.3 Å². The standard InChI is InChI=1S/C32H35N3O7S2/c1-22-29(43-30(33-22)34-23(2)36)44(38,39)35-21-27(37)20-28(35)32(40-3,41-4)42-31(24-14-8-5-9-15-24,25-16-10-6-11-17-25)26-18-12-7-13-19-26/h5-19,27-28,37H,20-21H2,1-4H3,(H,33,34,36). The minimum absolute atomic E-state index is 0.0359. The van der Waals surface area contributed by atoms with Crippen LogP contribution in [0.5, 0.6) is 0 Å². The summed E-state index contributed by atoms with van der Waals surface area (Å²) < 4.78 is 48.9. The molecule has 0 bridgehead atoms. The van der Waals surface area contributed by atoms with Crippen molar-refractivity contribution in [1.29, 1.82) is 0 Å². The van der Waals surface area contributed by atoms with Gasteiger partial charge in [0.2, 0.25) is 5.91 Å².